The summed E-state index contributed by atoms with van der Waals surface area (Å²) in [6, 6.07) is 10.3. The van der Waals surface area contributed by atoms with Crippen molar-refractivity contribution in [3.05, 3.63) is 53.7 Å². The number of rotatable bonds is 3. The predicted molar refractivity (Wildman–Crippen MR) is 118 cm³/mol. The van der Waals surface area contributed by atoms with E-state index in [4.69, 9.17) is 4.74 Å². The zero-order chi connectivity index (χ0) is 22.8. The Hall–Kier alpha value is -4.21. The van der Waals surface area contributed by atoms with Crippen molar-refractivity contribution in [2.24, 2.45) is 0 Å². The highest BCUT2D eigenvalue weighted by Gasteiger charge is 2.37. The molecule has 3 N–H and O–H groups in total. The van der Waals surface area contributed by atoms with Gasteiger partial charge in [-0.25, -0.2) is 14.4 Å². The molecule has 0 saturated heterocycles. The molecule has 0 aliphatic carbocycles. The molecule has 1 aliphatic rings. The summed E-state index contributed by atoms with van der Waals surface area (Å²) in [5.74, 6) is 0. The van der Waals surface area contributed by atoms with Gasteiger partial charge in [-0.3, -0.25) is 15.5 Å². The van der Waals surface area contributed by atoms with Crippen molar-refractivity contribution in [1.29, 1.82) is 0 Å². The Labute approximate surface area is 183 Å². The summed E-state index contributed by atoms with van der Waals surface area (Å²) in [6.07, 6.45) is 0.693. The molecule has 1 atom stereocenters. The predicted octanol–water partition coefficient (Wildman–Crippen LogP) is 4.39. The fraction of sp³-hybridized carbons (Fsp3) is 0.227. The summed E-state index contributed by atoms with van der Waals surface area (Å²) in [6.45, 7) is 0. The monoisotopic (exact) mass is 438 g/mol. The van der Waals surface area contributed by atoms with Gasteiger partial charge in [-0.1, -0.05) is 0 Å². The second-order valence-corrected chi connectivity index (χ2v) is 7.14. The van der Waals surface area contributed by atoms with Crippen LogP contribution in [0.15, 0.2) is 42.6 Å². The van der Waals surface area contributed by atoms with Crippen LogP contribution >= 0.6 is 0 Å². The molecule has 10 nitrogen and oxygen atoms in total. The summed E-state index contributed by atoms with van der Waals surface area (Å²) < 4.78 is 14.4. The highest BCUT2D eigenvalue weighted by Crippen LogP contribution is 2.44. The Balaban J connectivity index is 1.73. The van der Waals surface area contributed by atoms with Crippen molar-refractivity contribution in [2.45, 2.75) is 12.5 Å². The van der Waals surface area contributed by atoms with E-state index in [1.54, 1.807) is 29.2 Å². The minimum Gasteiger partial charge on any atom is -0.453 e. The number of methoxy groups -OCH3 is 3. The number of nitrogens with one attached hydrogen (secondary N) is 3. The topological polar surface area (TPSA) is 122 Å². The van der Waals surface area contributed by atoms with Crippen molar-refractivity contribution in [2.75, 3.05) is 36.9 Å². The van der Waals surface area contributed by atoms with Crippen LogP contribution in [-0.2, 0) is 20.6 Å². The van der Waals surface area contributed by atoms with Gasteiger partial charge in [0, 0.05) is 34.0 Å². The lowest BCUT2D eigenvalue weighted by atomic mass is 10.0. The molecule has 0 radical (unpaired) electrons. The molecule has 0 spiro atoms. The molecule has 32 heavy (non-hydrogen) atoms. The normalized spacial score (nSPS) is 14.6. The van der Waals surface area contributed by atoms with Crippen molar-refractivity contribution in [3.63, 3.8) is 0 Å². The van der Waals surface area contributed by atoms with Crippen LogP contribution in [0.5, 0.6) is 0 Å². The Kier molecular flexibility index (Phi) is 5.59. The lowest BCUT2D eigenvalue weighted by Gasteiger charge is -2.24. The number of ether oxygens (including phenoxy) is 3. The van der Waals surface area contributed by atoms with E-state index < -0.39 is 18.3 Å². The molecule has 166 valence electrons. The van der Waals surface area contributed by atoms with Gasteiger partial charge < -0.3 is 19.2 Å². The number of fused-ring (bicyclic) bond motifs is 2. The first-order valence-corrected chi connectivity index (χ1v) is 9.76. The van der Waals surface area contributed by atoms with Gasteiger partial charge in [0.25, 0.3) is 0 Å². The van der Waals surface area contributed by atoms with Gasteiger partial charge >= 0.3 is 18.3 Å². The van der Waals surface area contributed by atoms with Crippen LogP contribution in [0.25, 0.3) is 10.9 Å². The zero-order valence-electron chi connectivity index (χ0n) is 17.7. The molecular formula is C22H22N4O6. The fourth-order valence-corrected chi connectivity index (χ4v) is 3.94. The molecule has 1 aliphatic heterocycles. The lowest BCUT2D eigenvalue weighted by Crippen LogP contribution is -2.31. The van der Waals surface area contributed by atoms with Crippen molar-refractivity contribution in [3.8, 4) is 0 Å². The molecule has 2 heterocycles. The Morgan fingerprint density at radius 2 is 1.59 bits per heavy atom. The minimum absolute atomic E-state index is 0.354. The maximum atomic E-state index is 12.7. The van der Waals surface area contributed by atoms with Gasteiger partial charge in [-0.05, 0) is 48.4 Å². The molecule has 0 fully saturated rings. The van der Waals surface area contributed by atoms with Crippen LogP contribution in [-0.4, -0.2) is 44.6 Å². The van der Waals surface area contributed by atoms with Gasteiger partial charge in [0.2, 0.25) is 0 Å². The molecule has 3 amide bonds. The van der Waals surface area contributed by atoms with Crippen molar-refractivity contribution < 1.29 is 28.6 Å². The second-order valence-electron chi connectivity index (χ2n) is 7.14. The van der Waals surface area contributed by atoms with E-state index in [0.29, 0.717) is 23.5 Å². The van der Waals surface area contributed by atoms with E-state index in [-0.39, 0.29) is 6.04 Å². The van der Waals surface area contributed by atoms with Crippen LogP contribution < -0.4 is 15.5 Å². The number of amides is 3. The van der Waals surface area contributed by atoms with E-state index in [0.717, 1.165) is 22.0 Å². The Morgan fingerprint density at radius 1 is 0.938 bits per heavy atom. The van der Waals surface area contributed by atoms with E-state index in [1.165, 1.54) is 21.3 Å². The highest BCUT2D eigenvalue weighted by atomic mass is 16.5. The van der Waals surface area contributed by atoms with Crippen molar-refractivity contribution in [1.82, 2.24) is 4.98 Å². The summed E-state index contributed by atoms with van der Waals surface area (Å²) in [4.78, 5) is 40.7. The summed E-state index contributed by atoms with van der Waals surface area (Å²) in [5, 5.41) is 6.13. The second kappa shape index (κ2) is 8.50. The van der Waals surface area contributed by atoms with Gasteiger partial charge in [0.05, 0.1) is 33.1 Å². The SMILES string of the molecule is COC(=O)Nc1ccc2c(c1)C[C@@H](c1c[nH]c3ccc(NC(=O)OC)cc13)N2C(=O)OC. The first kappa shape index (κ1) is 21.0. The summed E-state index contributed by atoms with van der Waals surface area (Å²) in [7, 11) is 3.92. The van der Waals surface area contributed by atoms with Crippen LogP contribution in [0.4, 0.5) is 31.4 Å². The standard InChI is InChI=1S/C22H22N4O6/c1-30-20(27)24-13-5-7-18-12(8-13)9-19(26(18)22(29)32-3)16-11-23-17-6-4-14(10-15(16)17)25-21(28)31-2/h4-8,10-11,19,23H,9H2,1-3H3,(H,24,27)(H,25,28)/t19-/m0/s1. The quantitative estimate of drug-likeness (QED) is 0.521. The number of carbonyl (C=O) groups excluding carboxylic acids is 3. The Morgan fingerprint density at radius 3 is 2.25 bits per heavy atom. The number of anilines is 3. The number of hydrogen-bond acceptors (Lipinski definition) is 6. The zero-order valence-corrected chi connectivity index (χ0v) is 17.7. The van der Waals surface area contributed by atoms with Crippen LogP contribution in [0, 0.1) is 0 Å². The number of nitrogens with zero attached hydrogens (tertiary/aromatic N) is 1. The molecule has 2 aromatic carbocycles. The van der Waals surface area contributed by atoms with Gasteiger partial charge in [0.15, 0.2) is 0 Å². The number of aromatic amines is 1. The average Bonchev–Trinajstić information content (AvgIpc) is 3.38. The molecular weight excluding hydrogens is 416 g/mol. The van der Waals surface area contributed by atoms with E-state index in [2.05, 4.69) is 25.1 Å². The number of carbonyl (C=O) groups is 3. The minimum atomic E-state index is -0.577. The van der Waals surface area contributed by atoms with E-state index in [1.807, 2.05) is 18.3 Å². The highest BCUT2D eigenvalue weighted by molar-refractivity contribution is 5.96. The molecule has 0 unspecified atom stereocenters. The molecule has 0 saturated carbocycles. The number of H-pyrrole nitrogens is 1. The van der Waals surface area contributed by atoms with Gasteiger partial charge in [0.1, 0.15) is 0 Å². The molecule has 3 aromatic rings. The molecule has 4 rings (SSSR count). The first-order chi connectivity index (χ1) is 15.4. The third-order valence-electron chi connectivity index (χ3n) is 5.37. The van der Waals surface area contributed by atoms with E-state index >= 15 is 0 Å². The molecule has 1 aromatic heterocycles. The number of aromatic nitrogens is 1. The molecule has 10 heteroatoms. The van der Waals surface area contributed by atoms with Gasteiger partial charge in [-0.15, -0.1) is 0 Å². The number of hydrogen-bond donors (Lipinski definition) is 3. The summed E-state index contributed by atoms with van der Waals surface area (Å²) >= 11 is 0. The Bertz CT molecular complexity index is 1200. The lowest BCUT2D eigenvalue weighted by molar-refractivity contribution is 0.176. The van der Waals surface area contributed by atoms with Crippen LogP contribution in [0.1, 0.15) is 17.2 Å². The van der Waals surface area contributed by atoms with Crippen molar-refractivity contribution >= 4 is 46.2 Å². The van der Waals surface area contributed by atoms with Crippen LogP contribution in [0.2, 0.25) is 0 Å². The van der Waals surface area contributed by atoms with Crippen LogP contribution in [0.3, 0.4) is 0 Å². The van der Waals surface area contributed by atoms with Gasteiger partial charge in [-0.2, -0.15) is 0 Å². The smallest absolute Gasteiger partial charge is 0.414 e. The maximum Gasteiger partial charge on any atom is 0.414 e. The average molecular weight is 438 g/mol. The molecule has 0 bridgehead atoms. The third-order valence-corrected chi connectivity index (χ3v) is 5.37. The summed E-state index contributed by atoms with van der Waals surface area (Å²) in [5.41, 5.74) is 4.39. The van der Waals surface area contributed by atoms with E-state index in [9.17, 15) is 14.4 Å². The maximum absolute atomic E-state index is 12.7. The number of benzene rings is 2. The third kappa shape index (κ3) is 3.78. The fourth-order valence-electron chi connectivity index (χ4n) is 3.94. The first-order valence-electron chi connectivity index (χ1n) is 9.76. The largest absolute Gasteiger partial charge is 0.453 e.